The van der Waals surface area contributed by atoms with Gasteiger partial charge in [-0.1, -0.05) is 20.8 Å². The van der Waals surface area contributed by atoms with E-state index in [0.29, 0.717) is 5.92 Å². The Hall–Kier alpha value is -0.350. The molecule has 0 spiro atoms. The van der Waals surface area contributed by atoms with E-state index in [0.717, 1.165) is 36.9 Å². The van der Waals surface area contributed by atoms with E-state index in [1.165, 1.54) is 5.69 Å². The maximum absolute atomic E-state index is 4.40. The molecule has 1 atom stereocenters. The Morgan fingerprint density at radius 2 is 2.25 bits per heavy atom. The van der Waals surface area contributed by atoms with E-state index in [4.69, 9.17) is 0 Å². The Kier molecular flexibility index (Phi) is 6.06. The molecule has 1 unspecified atom stereocenters. The summed E-state index contributed by atoms with van der Waals surface area (Å²) < 4.78 is 3.27. The van der Waals surface area contributed by atoms with Crippen molar-refractivity contribution in [2.24, 2.45) is 0 Å². The highest BCUT2D eigenvalue weighted by molar-refractivity contribution is 9.10. The number of halogens is 1. The van der Waals surface area contributed by atoms with Crippen molar-refractivity contribution in [3.05, 3.63) is 16.4 Å². The molecule has 3 nitrogen and oxygen atoms in total. The minimum absolute atomic E-state index is 0.544. The fourth-order valence-corrected chi connectivity index (χ4v) is 2.57. The SMILES string of the molecule is CCCn1ncc(Br)c1C(C)CCNCC. The van der Waals surface area contributed by atoms with Crippen molar-refractivity contribution < 1.29 is 0 Å². The molecule has 0 fully saturated rings. The normalized spacial score (nSPS) is 13.0. The molecule has 0 saturated heterocycles. The molecular formula is C12H22BrN3. The lowest BCUT2D eigenvalue weighted by atomic mass is 10.0. The van der Waals surface area contributed by atoms with Gasteiger partial charge in [-0.3, -0.25) is 4.68 Å². The first-order valence-corrected chi connectivity index (χ1v) is 6.91. The van der Waals surface area contributed by atoms with Crippen LogP contribution in [0.4, 0.5) is 0 Å². The molecule has 0 aliphatic heterocycles. The van der Waals surface area contributed by atoms with Crippen LogP contribution in [0.5, 0.6) is 0 Å². The third-order valence-corrected chi connectivity index (χ3v) is 3.35. The van der Waals surface area contributed by atoms with Crippen molar-refractivity contribution in [3.8, 4) is 0 Å². The van der Waals surface area contributed by atoms with Gasteiger partial charge < -0.3 is 5.32 Å². The van der Waals surface area contributed by atoms with Gasteiger partial charge in [0.1, 0.15) is 0 Å². The van der Waals surface area contributed by atoms with Crippen molar-refractivity contribution in [1.82, 2.24) is 15.1 Å². The zero-order valence-corrected chi connectivity index (χ0v) is 12.0. The van der Waals surface area contributed by atoms with E-state index in [9.17, 15) is 0 Å². The van der Waals surface area contributed by atoms with Crippen molar-refractivity contribution in [2.45, 2.75) is 46.1 Å². The van der Waals surface area contributed by atoms with Crippen LogP contribution in [0.3, 0.4) is 0 Å². The van der Waals surface area contributed by atoms with Crippen LogP contribution in [0.15, 0.2) is 10.7 Å². The van der Waals surface area contributed by atoms with Crippen molar-refractivity contribution >= 4 is 15.9 Å². The molecule has 0 amide bonds. The minimum atomic E-state index is 0.544. The molecule has 1 heterocycles. The number of nitrogens with zero attached hydrogens (tertiary/aromatic N) is 2. The highest BCUT2D eigenvalue weighted by Crippen LogP contribution is 2.26. The minimum Gasteiger partial charge on any atom is -0.317 e. The summed E-state index contributed by atoms with van der Waals surface area (Å²) in [6, 6.07) is 0. The summed E-state index contributed by atoms with van der Waals surface area (Å²) in [5.74, 6) is 0.544. The Morgan fingerprint density at radius 1 is 1.50 bits per heavy atom. The first kappa shape index (κ1) is 13.7. The zero-order chi connectivity index (χ0) is 12.0. The van der Waals surface area contributed by atoms with E-state index in [-0.39, 0.29) is 0 Å². The quantitative estimate of drug-likeness (QED) is 0.781. The first-order valence-electron chi connectivity index (χ1n) is 6.12. The Bertz CT molecular complexity index is 309. The number of aryl methyl sites for hydroxylation is 1. The smallest absolute Gasteiger partial charge is 0.0635 e. The van der Waals surface area contributed by atoms with Crippen LogP contribution in [-0.2, 0) is 6.54 Å². The van der Waals surface area contributed by atoms with Gasteiger partial charge >= 0.3 is 0 Å². The van der Waals surface area contributed by atoms with Gasteiger partial charge in [-0.25, -0.2) is 0 Å². The van der Waals surface area contributed by atoms with Gasteiger partial charge in [0.2, 0.25) is 0 Å². The molecule has 1 aromatic rings. The second kappa shape index (κ2) is 7.07. The standard InChI is InChI=1S/C12H22BrN3/c1-4-8-16-12(11(13)9-15-16)10(3)6-7-14-5-2/h9-10,14H,4-8H2,1-3H3. The predicted molar refractivity (Wildman–Crippen MR) is 71.8 cm³/mol. The Morgan fingerprint density at radius 3 is 2.88 bits per heavy atom. The Labute approximate surface area is 107 Å². The van der Waals surface area contributed by atoms with Crippen LogP contribution < -0.4 is 5.32 Å². The van der Waals surface area contributed by atoms with Crippen LogP contribution in [0, 0.1) is 0 Å². The number of hydrogen-bond acceptors (Lipinski definition) is 2. The molecule has 4 heteroatoms. The molecule has 0 bridgehead atoms. The third kappa shape index (κ3) is 3.59. The first-order chi connectivity index (χ1) is 7.70. The Balaban J connectivity index is 2.65. The van der Waals surface area contributed by atoms with Gasteiger partial charge in [0.05, 0.1) is 16.4 Å². The molecule has 1 N–H and O–H groups in total. The number of aromatic nitrogens is 2. The van der Waals surface area contributed by atoms with Gasteiger partial charge in [-0.15, -0.1) is 0 Å². The maximum Gasteiger partial charge on any atom is 0.0635 e. The van der Waals surface area contributed by atoms with E-state index < -0.39 is 0 Å². The molecule has 16 heavy (non-hydrogen) atoms. The summed E-state index contributed by atoms with van der Waals surface area (Å²) in [6.45, 7) is 9.71. The second-order valence-corrected chi connectivity index (χ2v) is 5.00. The lowest BCUT2D eigenvalue weighted by molar-refractivity contribution is 0.520. The van der Waals surface area contributed by atoms with E-state index >= 15 is 0 Å². The number of nitrogens with one attached hydrogen (secondary N) is 1. The largest absolute Gasteiger partial charge is 0.317 e. The molecule has 0 saturated carbocycles. The molecule has 0 aliphatic rings. The van der Waals surface area contributed by atoms with Gasteiger partial charge in [-0.2, -0.15) is 5.10 Å². The van der Waals surface area contributed by atoms with Crippen LogP contribution >= 0.6 is 15.9 Å². The van der Waals surface area contributed by atoms with Crippen LogP contribution in [0.2, 0.25) is 0 Å². The number of rotatable bonds is 7. The van der Waals surface area contributed by atoms with Crippen molar-refractivity contribution in [3.63, 3.8) is 0 Å². The summed E-state index contributed by atoms with van der Waals surface area (Å²) in [5, 5.41) is 7.77. The lowest BCUT2D eigenvalue weighted by Crippen LogP contribution is -2.17. The van der Waals surface area contributed by atoms with Crippen molar-refractivity contribution in [1.29, 1.82) is 0 Å². The highest BCUT2D eigenvalue weighted by atomic mass is 79.9. The molecule has 92 valence electrons. The van der Waals surface area contributed by atoms with E-state index in [2.05, 4.69) is 51.8 Å². The zero-order valence-electron chi connectivity index (χ0n) is 10.5. The monoisotopic (exact) mass is 287 g/mol. The van der Waals surface area contributed by atoms with Crippen LogP contribution in [0.25, 0.3) is 0 Å². The van der Waals surface area contributed by atoms with Crippen molar-refractivity contribution in [2.75, 3.05) is 13.1 Å². The number of hydrogen-bond donors (Lipinski definition) is 1. The van der Waals surface area contributed by atoms with Crippen LogP contribution in [-0.4, -0.2) is 22.9 Å². The van der Waals surface area contributed by atoms with E-state index in [1.807, 2.05) is 6.20 Å². The average molecular weight is 288 g/mol. The summed E-state index contributed by atoms with van der Waals surface area (Å²) in [4.78, 5) is 0. The van der Waals surface area contributed by atoms with E-state index in [1.54, 1.807) is 0 Å². The fourth-order valence-electron chi connectivity index (χ4n) is 1.88. The second-order valence-electron chi connectivity index (χ2n) is 4.14. The lowest BCUT2D eigenvalue weighted by Gasteiger charge is -2.14. The van der Waals surface area contributed by atoms with Gasteiger partial charge in [-0.05, 0) is 41.9 Å². The van der Waals surface area contributed by atoms with Gasteiger partial charge in [0.25, 0.3) is 0 Å². The molecule has 1 rings (SSSR count). The van der Waals surface area contributed by atoms with Crippen LogP contribution in [0.1, 0.15) is 45.2 Å². The summed E-state index contributed by atoms with van der Waals surface area (Å²) >= 11 is 3.59. The summed E-state index contributed by atoms with van der Waals surface area (Å²) in [7, 11) is 0. The molecule has 1 aromatic heterocycles. The fraction of sp³-hybridized carbons (Fsp3) is 0.750. The average Bonchev–Trinajstić information content (AvgIpc) is 2.61. The third-order valence-electron chi connectivity index (χ3n) is 2.74. The summed E-state index contributed by atoms with van der Waals surface area (Å²) in [5.41, 5.74) is 1.33. The topological polar surface area (TPSA) is 29.9 Å². The molecular weight excluding hydrogens is 266 g/mol. The van der Waals surface area contributed by atoms with Gasteiger partial charge in [0.15, 0.2) is 0 Å². The van der Waals surface area contributed by atoms with Gasteiger partial charge in [0, 0.05) is 12.5 Å². The maximum atomic E-state index is 4.40. The molecule has 0 aliphatic carbocycles. The highest BCUT2D eigenvalue weighted by Gasteiger charge is 2.15. The predicted octanol–water partition coefficient (Wildman–Crippen LogP) is 3.16. The summed E-state index contributed by atoms with van der Waals surface area (Å²) in [6.07, 6.45) is 4.19. The molecule has 0 radical (unpaired) electrons. The molecule has 0 aromatic carbocycles.